The molecule has 24 heavy (non-hydrogen) atoms. The van der Waals surface area contributed by atoms with Crippen molar-refractivity contribution in [2.45, 2.75) is 0 Å². The molecule has 122 valence electrons. The lowest BCUT2D eigenvalue weighted by Crippen LogP contribution is -2.23. The monoisotopic (exact) mass is 319 g/mol. The first-order valence-corrected chi connectivity index (χ1v) is 7.41. The van der Waals surface area contributed by atoms with Gasteiger partial charge in [-0.2, -0.15) is 0 Å². The molecule has 0 fully saturated rings. The lowest BCUT2D eigenvalue weighted by atomic mass is 10.0. The molecule has 0 bridgehead atoms. The highest BCUT2D eigenvalue weighted by Gasteiger charge is 2.03. The average Bonchev–Trinajstić information content (AvgIpc) is 2.63. The molecule has 2 rings (SSSR count). The van der Waals surface area contributed by atoms with Crippen molar-refractivity contribution in [3.8, 4) is 11.1 Å². The topological polar surface area (TPSA) is 99.9 Å². The Morgan fingerprint density at radius 2 is 1.58 bits per heavy atom. The zero-order chi connectivity index (χ0) is 17.4. The minimum Gasteiger partial charge on any atom is -0.397 e. The van der Waals surface area contributed by atoms with E-state index in [0.29, 0.717) is 11.4 Å². The van der Waals surface area contributed by atoms with Crippen LogP contribution in [0.5, 0.6) is 0 Å². The molecule has 7 N–H and O–H groups in total. The van der Waals surface area contributed by atoms with E-state index in [1.807, 2.05) is 48.5 Å². The maximum atomic E-state index is 6.93. The van der Waals surface area contributed by atoms with Crippen LogP contribution in [0.2, 0.25) is 0 Å². The van der Waals surface area contributed by atoms with Gasteiger partial charge in [-0.1, -0.05) is 43.0 Å². The molecule has 0 aliphatic heterocycles. The van der Waals surface area contributed by atoms with Gasteiger partial charge >= 0.3 is 0 Å². The Hall–Kier alpha value is -3.31. The van der Waals surface area contributed by atoms with Gasteiger partial charge in [0.15, 0.2) is 0 Å². The van der Waals surface area contributed by atoms with Gasteiger partial charge in [0.25, 0.3) is 0 Å². The van der Waals surface area contributed by atoms with Crippen LogP contribution >= 0.6 is 0 Å². The van der Waals surface area contributed by atoms with Crippen LogP contribution < -0.4 is 22.3 Å². The van der Waals surface area contributed by atoms with Gasteiger partial charge in [-0.25, -0.2) is 0 Å². The summed E-state index contributed by atoms with van der Waals surface area (Å²) in [4.78, 5) is 0. The summed E-state index contributed by atoms with van der Waals surface area (Å²) in [6, 6.07) is 16.0. The second kappa shape index (κ2) is 8.36. The third-order valence-corrected chi connectivity index (χ3v) is 3.51. The minimum absolute atomic E-state index is 0.552. The number of hydrogen-bond acceptors (Lipinski definition) is 5. The van der Waals surface area contributed by atoms with Crippen LogP contribution in [0.1, 0.15) is 5.56 Å². The van der Waals surface area contributed by atoms with Crippen LogP contribution in [0.25, 0.3) is 16.8 Å². The molecule has 0 amide bonds. The highest BCUT2D eigenvalue weighted by molar-refractivity contribution is 5.72. The summed E-state index contributed by atoms with van der Waals surface area (Å²) < 4.78 is 0. The first-order chi connectivity index (χ1) is 11.7. The number of hydrogen-bond donors (Lipinski definition) is 5. The Balaban J connectivity index is 2.19. The van der Waals surface area contributed by atoms with Gasteiger partial charge in [0.1, 0.15) is 0 Å². The van der Waals surface area contributed by atoms with Gasteiger partial charge in [0.2, 0.25) is 0 Å². The van der Waals surface area contributed by atoms with Gasteiger partial charge in [0.05, 0.1) is 11.4 Å². The summed E-state index contributed by atoms with van der Waals surface area (Å²) >= 11 is 0. The van der Waals surface area contributed by atoms with Crippen molar-refractivity contribution < 1.29 is 0 Å². The Morgan fingerprint density at radius 1 is 1.00 bits per heavy atom. The number of rotatable bonds is 7. The van der Waals surface area contributed by atoms with Crippen LogP contribution in [0.15, 0.2) is 79.2 Å². The SMILES string of the molecule is C=C/C(NN)=C(/N)c1ccc(-c2ccc(N/C=C\C=N)cc2)cc1. The van der Waals surface area contributed by atoms with E-state index < -0.39 is 0 Å². The van der Waals surface area contributed by atoms with Gasteiger partial charge in [-0.3, -0.25) is 5.84 Å². The highest BCUT2D eigenvalue weighted by atomic mass is 15.2. The Morgan fingerprint density at radius 3 is 2.08 bits per heavy atom. The molecular formula is C19H21N5. The smallest absolute Gasteiger partial charge is 0.0716 e. The van der Waals surface area contributed by atoms with Crippen LogP contribution in [-0.2, 0) is 0 Å². The number of anilines is 1. The van der Waals surface area contributed by atoms with E-state index in [9.17, 15) is 0 Å². The zero-order valence-corrected chi connectivity index (χ0v) is 13.3. The predicted octanol–water partition coefficient (Wildman–Crippen LogP) is 3.21. The lowest BCUT2D eigenvalue weighted by molar-refractivity contribution is 0.917. The second-order valence-corrected chi connectivity index (χ2v) is 5.00. The number of nitrogens with one attached hydrogen (secondary N) is 3. The fourth-order valence-electron chi connectivity index (χ4n) is 2.20. The number of benzene rings is 2. The normalized spacial score (nSPS) is 11.7. The number of nitrogens with two attached hydrogens (primary N) is 2. The van der Waals surface area contributed by atoms with Gasteiger partial charge < -0.3 is 21.9 Å². The van der Waals surface area contributed by atoms with E-state index in [-0.39, 0.29) is 0 Å². The van der Waals surface area contributed by atoms with Crippen molar-refractivity contribution >= 4 is 17.6 Å². The summed E-state index contributed by atoms with van der Waals surface area (Å²) in [6.45, 7) is 3.68. The van der Waals surface area contributed by atoms with E-state index in [4.69, 9.17) is 17.0 Å². The molecule has 0 aliphatic carbocycles. The molecule has 2 aromatic carbocycles. The molecule has 0 atom stereocenters. The molecule has 0 heterocycles. The predicted molar refractivity (Wildman–Crippen MR) is 102 cm³/mol. The molecule has 0 saturated carbocycles. The molecule has 0 aromatic heterocycles. The third-order valence-electron chi connectivity index (χ3n) is 3.51. The summed E-state index contributed by atoms with van der Waals surface area (Å²) in [7, 11) is 0. The van der Waals surface area contributed by atoms with Crippen molar-refractivity contribution in [3.05, 3.63) is 84.7 Å². The summed E-state index contributed by atoms with van der Waals surface area (Å²) in [5, 5.41) is 10.0. The van der Waals surface area contributed by atoms with E-state index in [0.717, 1.165) is 22.4 Å². The van der Waals surface area contributed by atoms with Crippen molar-refractivity contribution in [3.63, 3.8) is 0 Å². The summed E-state index contributed by atoms with van der Waals surface area (Å²) in [5.74, 6) is 5.42. The lowest BCUT2D eigenvalue weighted by Gasteiger charge is -2.09. The third kappa shape index (κ3) is 4.12. The van der Waals surface area contributed by atoms with E-state index in [2.05, 4.69) is 17.3 Å². The summed E-state index contributed by atoms with van der Waals surface area (Å²) in [5.41, 5.74) is 13.8. The van der Waals surface area contributed by atoms with Crippen LogP contribution in [0.4, 0.5) is 5.69 Å². The number of hydrazine groups is 1. The van der Waals surface area contributed by atoms with E-state index in [1.54, 1.807) is 18.4 Å². The first kappa shape index (κ1) is 17.1. The maximum absolute atomic E-state index is 6.93. The van der Waals surface area contributed by atoms with E-state index >= 15 is 0 Å². The maximum Gasteiger partial charge on any atom is 0.0716 e. The van der Waals surface area contributed by atoms with Crippen LogP contribution in [0.3, 0.4) is 0 Å². The molecule has 5 nitrogen and oxygen atoms in total. The highest BCUT2D eigenvalue weighted by Crippen LogP contribution is 2.23. The van der Waals surface area contributed by atoms with Crippen molar-refractivity contribution in [1.82, 2.24) is 5.43 Å². The molecule has 0 spiro atoms. The summed E-state index contributed by atoms with van der Waals surface area (Å²) in [6.07, 6.45) is 6.15. The van der Waals surface area contributed by atoms with Gasteiger partial charge in [0, 0.05) is 18.1 Å². The van der Waals surface area contributed by atoms with Gasteiger partial charge in [-0.15, -0.1) is 0 Å². The first-order valence-electron chi connectivity index (χ1n) is 7.41. The minimum atomic E-state index is 0.552. The number of allylic oxidation sites excluding steroid dienone is 2. The molecule has 5 heteroatoms. The molecule has 0 saturated heterocycles. The van der Waals surface area contributed by atoms with E-state index in [1.165, 1.54) is 6.21 Å². The van der Waals surface area contributed by atoms with Crippen molar-refractivity contribution in [2.24, 2.45) is 11.6 Å². The van der Waals surface area contributed by atoms with Crippen LogP contribution in [0, 0.1) is 5.41 Å². The fraction of sp³-hybridized carbons (Fsp3) is 0. The largest absolute Gasteiger partial charge is 0.397 e. The Kier molecular flexibility index (Phi) is 5.94. The second-order valence-electron chi connectivity index (χ2n) is 5.00. The quantitative estimate of drug-likeness (QED) is 0.234. The standard InChI is InChI=1S/C19H21N5/c1-2-18(24-22)19(21)16-6-4-14(5-7-16)15-8-10-17(11-9-15)23-13-3-12-20/h2-13,20,23-24H,1,21-22H2/b13-3-,19-18-,20-12?. The zero-order valence-electron chi connectivity index (χ0n) is 13.3. The Labute approximate surface area is 141 Å². The van der Waals surface area contributed by atoms with Crippen molar-refractivity contribution in [2.75, 3.05) is 5.32 Å². The molecule has 2 aromatic rings. The van der Waals surface area contributed by atoms with Crippen LogP contribution in [-0.4, -0.2) is 6.21 Å². The molecule has 0 unspecified atom stereocenters. The Bertz CT molecular complexity index is 755. The molecule has 0 radical (unpaired) electrons. The fourth-order valence-corrected chi connectivity index (χ4v) is 2.20. The van der Waals surface area contributed by atoms with Gasteiger partial charge in [-0.05, 0) is 41.0 Å². The molecule has 0 aliphatic rings. The average molecular weight is 319 g/mol. The molecular weight excluding hydrogens is 298 g/mol. The van der Waals surface area contributed by atoms with Crippen molar-refractivity contribution in [1.29, 1.82) is 5.41 Å².